The van der Waals surface area contributed by atoms with Crippen LogP contribution in [0.25, 0.3) is 0 Å². The van der Waals surface area contributed by atoms with E-state index in [1.807, 2.05) is 4.72 Å². The van der Waals surface area contributed by atoms with Gasteiger partial charge in [0, 0.05) is 0 Å². The van der Waals surface area contributed by atoms with E-state index in [2.05, 4.69) is 4.74 Å². The molecule has 0 amide bonds. The summed E-state index contributed by atoms with van der Waals surface area (Å²) in [5.41, 5.74) is -0.654. The Kier molecular flexibility index (Phi) is 5.22. The molecule has 0 saturated carbocycles. The number of rotatable bonds is 6. The molecule has 9 nitrogen and oxygen atoms in total. The molecule has 0 fully saturated rings. The van der Waals surface area contributed by atoms with Crippen LogP contribution in [0.1, 0.15) is 6.92 Å². The summed E-state index contributed by atoms with van der Waals surface area (Å²) in [6.45, 7) is 1.26. The monoisotopic (exact) mass is 318 g/mol. The van der Waals surface area contributed by atoms with E-state index in [0.29, 0.717) is 0 Å². The highest BCUT2D eigenvalue weighted by Crippen LogP contribution is 2.28. The first-order valence-electron chi connectivity index (χ1n) is 5.65. The predicted molar refractivity (Wildman–Crippen MR) is 71.4 cm³/mol. The molecule has 0 aliphatic carbocycles. The van der Waals surface area contributed by atoms with Gasteiger partial charge in [-0.25, -0.2) is 8.42 Å². The molecule has 1 atom stereocenters. The second-order valence-electron chi connectivity index (χ2n) is 3.96. The van der Waals surface area contributed by atoms with Crippen molar-refractivity contribution in [2.24, 2.45) is 0 Å². The molecule has 1 aromatic rings. The highest BCUT2D eigenvalue weighted by atomic mass is 32.2. The first-order chi connectivity index (χ1) is 9.72. The van der Waals surface area contributed by atoms with Gasteiger partial charge in [-0.2, -0.15) is 4.72 Å². The number of hydrogen-bond acceptors (Lipinski definition) is 7. The highest BCUT2D eigenvalue weighted by Gasteiger charge is 2.29. The maximum atomic E-state index is 12.1. The van der Waals surface area contributed by atoms with Crippen molar-refractivity contribution in [2.45, 2.75) is 17.9 Å². The predicted octanol–water partition coefficient (Wildman–Crippen LogP) is 0.443. The number of ether oxygens (including phenoxy) is 2. The average molecular weight is 318 g/mol. The number of nitro benzene ring substituents is 1. The summed E-state index contributed by atoms with van der Waals surface area (Å²) < 4.78 is 35.5. The normalized spacial score (nSPS) is 12.5. The van der Waals surface area contributed by atoms with Crippen LogP contribution < -0.4 is 9.46 Å². The van der Waals surface area contributed by atoms with Gasteiger partial charge in [0.05, 0.1) is 25.2 Å². The number of nitro groups is 1. The molecule has 0 radical (unpaired) electrons. The van der Waals surface area contributed by atoms with Crippen LogP contribution in [-0.2, 0) is 19.6 Å². The van der Waals surface area contributed by atoms with Crippen LogP contribution in [0, 0.1) is 10.1 Å². The fraction of sp³-hybridized carbons (Fsp3) is 0.364. The van der Waals surface area contributed by atoms with Crippen molar-refractivity contribution in [1.82, 2.24) is 4.72 Å². The molecule has 1 rings (SSSR count). The molecular weight excluding hydrogens is 304 g/mol. The van der Waals surface area contributed by atoms with Crippen molar-refractivity contribution in [3.63, 3.8) is 0 Å². The molecule has 1 aromatic carbocycles. The summed E-state index contributed by atoms with van der Waals surface area (Å²) in [7, 11) is -1.87. The van der Waals surface area contributed by atoms with Crippen LogP contribution in [-0.4, -0.2) is 39.6 Å². The summed E-state index contributed by atoms with van der Waals surface area (Å²) in [4.78, 5) is 20.8. The summed E-state index contributed by atoms with van der Waals surface area (Å²) in [5.74, 6) is -0.670. The van der Waals surface area contributed by atoms with Gasteiger partial charge in [0.25, 0.3) is 5.69 Å². The van der Waals surface area contributed by atoms with Crippen LogP contribution in [0.15, 0.2) is 23.1 Å². The molecule has 21 heavy (non-hydrogen) atoms. The Morgan fingerprint density at radius 1 is 1.38 bits per heavy atom. The molecule has 0 aliphatic heterocycles. The Morgan fingerprint density at radius 3 is 2.48 bits per heavy atom. The van der Waals surface area contributed by atoms with Crippen molar-refractivity contribution >= 4 is 21.7 Å². The van der Waals surface area contributed by atoms with Gasteiger partial charge in [-0.1, -0.05) is 0 Å². The second kappa shape index (κ2) is 6.50. The molecule has 0 bridgehead atoms. The van der Waals surface area contributed by atoms with Crippen LogP contribution >= 0.6 is 0 Å². The Labute approximate surface area is 121 Å². The van der Waals surface area contributed by atoms with E-state index in [4.69, 9.17) is 4.74 Å². The lowest BCUT2D eigenvalue weighted by Gasteiger charge is -2.12. The maximum Gasteiger partial charge on any atom is 0.323 e. The number of benzene rings is 1. The zero-order valence-electron chi connectivity index (χ0n) is 11.5. The summed E-state index contributed by atoms with van der Waals surface area (Å²) in [5, 5.41) is 11.0. The lowest BCUT2D eigenvalue weighted by atomic mass is 10.3. The first-order valence-corrected chi connectivity index (χ1v) is 7.14. The van der Waals surface area contributed by atoms with Crippen LogP contribution in [0.2, 0.25) is 0 Å². The van der Waals surface area contributed by atoms with Gasteiger partial charge in [0.1, 0.15) is 11.8 Å². The number of esters is 1. The van der Waals surface area contributed by atoms with Crippen LogP contribution in [0.3, 0.4) is 0 Å². The van der Waals surface area contributed by atoms with Crippen molar-refractivity contribution in [3.05, 3.63) is 28.3 Å². The van der Waals surface area contributed by atoms with Crippen LogP contribution in [0.5, 0.6) is 5.75 Å². The number of sulfonamides is 1. The number of nitrogens with one attached hydrogen (secondary N) is 1. The Bertz CT molecular complexity index is 657. The Balaban J connectivity index is 3.25. The molecule has 0 aromatic heterocycles. The topological polar surface area (TPSA) is 125 Å². The van der Waals surface area contributed by atoms with E-state index in [1.54, 1.807) is 0 Å². The van der Waals surface area contributed by atoms with Crippen LogP contribution in [0.4, 0.5) is 5.69 Å². The lowest BCUT2D eigenvalue weighted by Crippen LogP contribution is -2.39. The minimum Gasteiger partial charge on any atom is -0.497 e. The minimum absolute atomic E-state index is 0.140. The molecule has 116 valence electrons. The Hall–Kier alpha value is -2.20. The number of methoxy groups -OCH3 is 2. The zero-order chi connectivity index (χ0) is 16.2. The highest BCUT2D eigenvalue weighted by molar-refractivity contribution is 7.89. The third kappa shape index (κ3) is 3.89. The minimum atomic E-state index is -4.26. The van der Waals surface area contributed by atoms with Gasteiger partial charge in [0.15, 0.2) is 4.90 Å². The third-order valence-corrected chi connectivity index (χ3v) is 4.13. The van der Waals surface area contributed by atoms with Crippen molar-refractivity contribution < 1.29 is 27.6 Å². The number of nitrogens with zero attached hydrogens (tertiary/aromatic N) is 1. The van der Waals surface area contributed by atoms with Gasteiger partial charge >= 0.3 is 5.97 Å². The molecule has 0 unspecified atom stereocenters. The van der Waals surface area contributed by atoms with E-state index in [0.717, 1.165) is 19.2 Å². The first kappa shape index (κ1) is 16.9. The van der Waals surface area contributed by atoms with Crippen molar-refractivity contribution in [3.8, 4) is 5.75 Å². The Morgan fingerprint density at radius 2 is 2.00 bits per heavy atom. The smallest absolute Gasteiger partial charge is 0.323 e. The SMILES string of the molecule is COC(=O)[C@@H](C)NS(=O)(=O)c1ccc(OC)cc1[N+](=O)[O-]. The average Bonchev–Trinajstić information content (AvgIpc) is 2.44. The van der Waals surface area contributed by atoms with Crippen molar-refractivity contribution in [1.29, 1.82) is 0 Å². The maximum absolute atomic E-state index is 12.1. The molecule has 0 spiro atoms. The summed E-state index contributed by atoms with van der Waals surface area (Å²) in [6, 6.07) is 2.10. The molecular formula is C11H14N2O7S. The van der Waals surface area contributed by atoms with Gasteiger partial charge in [-0.05, 0) is 19.1 Å². The number of carbonyl (C=O) groups is 1. The van der Waals surface area contributed by atoms with E-state index >= 15 is 0 Å². The molecule has 0 aliphatic rings. The van der Waals surface area contributed by atoms with Crippen molar-refractivity contribution in [2.75, 3.05) is 14.2 Å². The number of carbonyl (C=O) groups excluding carboxylic acids is 1. The zero-order valence-corrected chi connectivity index (χ0v) is 12.3. The van der Waals surface area contributed by atoms with Gasteiger partial charge in [-0.3, -0.25) is 14.9 Å². The fourth-order valence-electron chi connectivity index (χ4n) is 1.52. The molecule has 0 heterocycles. The van der Waals surface area contributed by atoms with E-state index < -0.39 is 37.5 Å². The lowest BCUT2D eigenvalue weighted by molar-refractivity contribution is -0.387. The second-order valence-corrected chi connectivity index (χ2v) is 5.64. The largest absolute Gasteiger partial charge is 0.497 e. The summed E-state index contributed by atoms with van der Waals surface area (Å²) >= 11 is 0. The standard InChI is InChI=1S/C11H14N2O7S/c1-7(11(14)20-3)12-21(17,18)10-5-4-8(19-2)6-9(10)13(15)16/h4-7,12H,1-3H3/t7-/m1/s1. The van der Waals surface area contributed by atoms with Gasteiger partial charge < -0.3 is 9.47 Å². The summed E-state index contributed by atoms with van der Waals surface area (Å²) in [6.07, 6.45) is 0. The van der Waals surface area contributed by atoms with Gasteiger partial charge in [0.2, 0.25) is 10.0 Å². The van der Waals surface area contributed by atoms with Gasteiger partial charge in [-0.15, -0.1) is 0 Å². The number of hydrogen-bond donors (Lipinski definition) is 1. The molecule has 10 heteroatoms. The molecule has 1 N–H and O–H groups in total. The fourth-order valence-corrected chi connectivity index (χ4v) is 2.86. The van der Waals surface area contributed by atoms with E-state index in [9.17, 15) is 23.3 Å². The van der Waals surface area contributed by atoms with E-state index in [1.165, 1.54) is 20.1 Å². The quantitative estimate of drug-likeness (QED) is 0.458. The van der Waals surface area contributed by atoms with E-state index in [-0.39, 0.29) is 5.75 Å². The third-order valence-electron chi connectivity index (χ3n) is 2.54. The molecule has 0 saturated heterocycles.